The minimum absolute atomic E-state index is 0.0120. The summed E-state index contributed by atoms with van der Waals surface area (Å²) in [7, 11) is 0. The molecule has 0 atom stereocenters. The lowest BCUT2D eigenvalue weighted by Crippen LogP contribution is -2.06. The van der Waals surface area contributed by atoms with Crippen molar-refractivity contribution in [3.8, 4) is 5.75 Å². The van der Waals surface area contributed by atoms with E-state index in [0.29, 0.717) is 13.2 Å². The Bertz CT molecular complexity index is 515. The van der Waals surface area contributed by atoms with Crippen LogP contribution in [-0.4, -0.2) is 10.1 Å². The molecule has 0 saturated heterocycles. The van der Waals surface area contributed by atoms with Gasteiger partial charge >= 0.3 is 0 Å². The van der Waals surface area contributed by atoms with E-state index in [9.17, 15) is 0 Å². The van der Waals surface area contributed by atoms with Gasteiger partial charge in [-0.1, -0.05) is 18.2 Å². The quantitative estimate of drug-likeness (QED) is 0.838. The summed E-state index contributed by atoms with van der Waals surface area (Å²) in [4.78, 5) is 4.20. The van der Waals surface area contributed by atoms with E-state index in [1.54, 1.807) is 6.20 Å². The molecule has 4 heteroatoms. The summed E-state index contributed by atoms with van der Waals surface area (Å²) in [5, 5.41) is 9.05. The number of nitrogens with two attached hydrogens (primary N) is 1. The molecule has 2 aromatic rings. The first kappa shape index (κ1) is 12.5. The minimum Gasteiger partial charge on any atom is -0.489 e. The van der Waals surface area contributed by atoms with Crippen molar-refractivity contribution in [2.75, 3.05) is 0 Å². The number of aliphatic hydroxyl groups is 1. The molecule has 0 spiro atoms. The molecule has 18 heavy (non-hydrogen) atoms. The van der Waals surface area contributed by atoms with Crippen LogP contribution in [0, 0.1) is 0 Å². The summed E-state index contributed by atoms with van der Waals surface area (Å²) in [5.74, 6) is 0.730. The molecule has 0 aliphatic carbocycles. The van der Waals surface area contributed by atoms with Crippen LogP contribution in [0.25, 0.3) is 0 Å². The van der Waals surface area contributed by atoms with E-state index < -0.39 is 0 Å². The van der Waals surface area contributed by atoms with Crippen molar-refractivity contribution >= 4 is 0 Å². The Morgan fingerprint density at radius 1 is 1.22 bits per heavy atom. The Morgan fingerprint density at radius 2 is 2.11 bits per heavy atom. The van der Waals surface area contributed by atoms with Crippen molar-refractivity contribution < 1.29 is 9.84 Å². The number of benzene rings is 1. The molecule has 0 fully saturated rings. The van der Waals surface area contributed by atoms with Gasteiger partial charge in [0, 0.05) is 18.3 Å². The Hall–Kier alpha value is -1.91. The van der Waals surface area contributed by atoms with Crippen LogP contribution in [0.4, 0.5) is 0 Å². The number of aliphatic hydroxyl groups excluding tert-OH is 1. The zero-order valence-electron chi connectivity index (χ0n) is 10.0. The number of pyridine rings is 1. The molecule has 4 nitrogen and oxygen atoms in total. The van der Waals surface area contributed by atoms with Crippen LogP contribution >= 0.6 is 0 Å². The van der Waals surface area contributed by atoms with E-state index in [2.05, 4.69) is 4.98 Å². The minimum atomic E-state index is 0.0120. The molecule has 0 bridgehead atoms. The van der Waals surface area contributed by atoms with Crippen molar-refractivity contribution in [3.05, 3.63) is 59.4 Å². The summed E-state index contributed by atoms with van der Waals surface area (Å²) in [5.41, 5.74) is 8.27. The second kappa shape index (κ2) is 6.14. The van der Waals surface area contributed by atoms with E-state index in [1.165, 1.54) is 0 Å². The number of hydrogen-bond acceptors (Lipinski definition) is 4. The third-order valence-electron chi connectivity index (χ3n) is 2.65. The molecule has 2 rings (SSSR count). The normalized spacial score (nSPS) is 10.3. The molecule has 0 radical (unpaired) electrons. The maximum absolute atomic E-state index is 9.05. The van der Waals surface area contributed by atoms with Crippen LogP contribution in [0.3, 0.4) is 0 Å². The van der Waals surface area contributed by atoms with E-state index >= 15 is 0 Å². The number of rotatable bonds is 5. The van der Waals surface area contributed by atoms with Gasteiger partial charge in [-0.15, -0.1) is 0 Å². The van der Waals surface area contributed by atoms with Gasteiger partial charge in [0.1, 0.15) is 12.4 Å². The number of hydrogen-bond donors (Lipinski definition) is 2. The molecule has 1 aromatic heterocycles. The Labute approximate surface area is 106 Å². The lowest BCUT2D eigenvalue weighted by molar-refractivity contribution is 0.277. The monoisotopic (exact) mass is 244 g/mol. The highest BCUT2D eigenvalue weighted by atomic mass is 16.5. The van der Waals surface area contributed by atoms with Crippen molar-refractivity contribution in [3.63, 3.8) is 0 Å². The zero-order valence-corrected chi connectivity index (χ0v) is 10.0. The van der Waals surface area contributed by atoms with Crippen LogP contribution in [0.5, 0.6) is 5.75 Å². The summed E-state index contributed by atoms with van der Waals surface area (Å²) in [6.07, 6.45) is 1.72. The summed E-state index contributed by atoms with van der Waals surface area (Å²) >= 11 is 0. The van der Waals surface area contributed by atoms with Crippen molar-refractivity contribution in [2.24, 2.45) is 5.73 Å². The molecule has 1 heterocycles. The van der Waals surface area contributed by atoms with Crippen LogP contribution in [0.1, 0.15) is 16.8 Å². The van der Waals surface area contributed by atoms with Crippen LogP contribution < -0.4 is 10.5 Å². The smallest absolute Gasteiger partial charge is 0.120 e. The number of aromatic nitrogens is 1. The molecular weight excluding hydrogens is 228 g/mol. The van der Waals surface area contributed by atoms with Gasteiger partial charge in [0.05, 0.1) is 12.3 Å². The highest BCUT2D eigenvalue weighted by Gasteiger charge is 2.03. The van der Waals surface area contributed by atoms with Crippen molar-refractivity contribution in [1.29, 1.82) is 0 Å². The summed E-state index contributed by atoms with van der Waals surface area (Å²) in [6.45, 7) is 0.837. The van der Waals surface area contributed by atoms with Crippen LogP contribution in [-0.2, 0) is 19.8 Å². The molecule has 1 aromatic carbocycles. The van der Waals surface area contributed by atoms with E-state index in [0.717, 1.165) is 22.6 Å². The van der Waals surface area contributed by atoms with Gasteiger partial charge in [-0.3, -0.25) is 4.98 Å². The molecule has 0 aliphatic rings. The largest absolute Gasteiger partial charge is 0.489 e. The first-order chi connectivity index (χ1) is 8.83. The highest BCUT2D eigenvalue weighted by Crippen LogP contribution is 2.16. The van der Waals surface area contributed by atoms with Gasteiger partial charge in [0.25, 0.3) is 0 Å². The lowest BCUT2D eigenvalue weighted by Gasteiger charge is -2.09. The first-order valence-electron chi connectivity index (χ1n) is 5.79. The second-order valence-electron chi connectivity index (χ2n) is 3.91. The molecule has 0 saturated carbocycles. The Morgan fingerprint density at radius 3 is 2.89 bits per heavy atom. The van der Waals surface area contributed by atoms with E-state index in [-0.39, 0.29) is 6.61 Å². The van der Waals surface area contributed by atoms with Crippen LogP contribution in [0.2, 0.25) is 0 Å². The van der Waals surface area contributed by atoms with Crippen LogP contribution in [0.15, 0.2) is 42.6 Å². The van der Waals surface area contributed by atoms with Gasteiger partial charge in [-0.2, -0.15) is 0 Å². The Kier molecular flexibility index (Phi) is 4.28. The maximum Gasteiger partial charge on any atom is 0.120 e. The predicted molar refractivity (Wildman–Crippen MR) is 68.8 cm³/mol. The SMILES string of the molecule is NCc1ncccc1COc1cccc(CO)c1. The van der Waals surface area contributed by atoms with Gasteiger partial charge in [0.15, 0.2) is 0 Å². The number of ether oxygens (including phenoxy) is 1. The highest BCUT2D eigenvalue weighted by molar-refractivity contribution is 5.28. The summed E-state index contributed by atoms with van der Waals surface area (Å²) < 4.78 is 5.67. The standard InChI is InChI=1S/C14H16N2O2/c15-8-14-12(4-2-6-16-14)10-18-13-5-1-3-11(7-13)9-17/h1-7,17H,8-10,15H2. The molecule has 94 valence electrons. The third-order valence-corrected chi connectivity index (χ3v) is 2.65. The zero-order chi connectivity index (χ0) is 12.8. The second-order valence-corrected chi connectivity index (χ2v) is 3.91. The average Bonchev–Trinajstić information content (AvgIpc) is 2.45. The fourth-order valence-electron chi connectivity index (χ4n) is 1.68. The third kappa shape index (κ3) is 3.06. The molecule has 0 aliphatic heterocycles. The van der Waals surface area contributed by atoms with E-state index in [1.807, 2.05) is 36.4 Å². The topological polar surface area (TPSA) is 68.4 Å². The Balaban J connectivity index is 2.06. The van der Waals surface area contributed by atoms with Crippen molar-refractivity contribution in [2.45, 2.75) is 19.8 Å². The maximum atomic E-state index is 9.05. The van der Waals surface area contributed by atoms with Gasteiger partial charge in [-0.05, 0) is 23.8 Å². The average molecular weight is 244 g/mol. The van der Waals surface area contributed by atoms with Gasteiger partial charge < -0.3 is 15.6 Å². The first-order valence-corrected chi connectivity index (χ1v) is 5.79. The predicted octanol–water partition coefficient (Wildman–Crippen LogP) is 1.61. The van der Waals surface area contributed by atoms with Gasteiger partial charge in [0.2, 0.25) is 0 Å². The fourth-order valence-corrected chi connectivity index (χ4v) is 1.68. The van der Waals surface area contributed by atoms with Crippen molar-refractivity contribution in [1.82, 2.24) is 4.98 Å². The molecule has 0 amide bonds. The van der Waals surface area contributed by atoms with E-state index in [4.69, 9.17) is 15.6 Å². The number of nitrogens with zero attached hydrogens (tertiary/aromatic N) is 1. The van der Waals surface area contributed by atoms with Gasteiger partial charge in [-0.25, -0.2) is 0 Å². The fraction of sp³-hybridized carbons (Fsp3) is 0.214. The lowest BCUT2D eigenvalue weighted by atomic mass is 10.2. The molecule has 3 N–H and O–H groups in total. The summed E-state index contributed by atoms with van der Waals surface area (Å²) in [6, 6.07) is 11.2. The molecule has 0 unspecified atom stereocenters. The molecular formula is C14H16N2O2.